The van der Waals surface area contributed by atoms with Crippen molar-refractivity contribution in [2.45, 2.75) is 38.6 Å². The highest BCUT2D eigenvalue weighted by molar-refractivity contribution is 6.21. The number of rotatable bonds is 3. The van der Waals surface area contributed by atoms with Crippen LogP contribution in [0.15, 0.2) is 18.2 Å². The van der Waals surface area contributed by atoms with Crippen LogP contribution in [-0.2, 0) is 0 Å². The van der Waals surface area contributed by atoms with E-state index in [0.717, 1.165) is 18.4 Å². The number of carbonyl (C=O) groups excluding carboxylic acids is 2. The number of benzene rings is 1. The van der Waals surface area contributed by atoms with E-state index in [1.807, 2.05) is 13.0 Å². The zero-order valence-corrected chi connectivity index (χ0v) is 11.8. The summed E-state index contributed by atoms with van der Waals surface area (Å²) in [7, 11) is 0. The lowest BCUT2D eigenvalue weighted by Crippen LogP contribution is -2.48. The van der Waals surface area contributed by atoms with Crippen LogP contribution in [0.3, 0.4) is 0 Å². The molecule has 3 rings (SSSR count). The highest BCUT2D eigenvalue weighted by atomic mass is 16.2. The molecule has 2 N–H and O–H groups in total. The summed E-state index contributed by atoms with van der Waals surface area (Å²) in [5, 5.41) is 0. The first-order valence-electron chi connectivity index (χ1n) is 7.32. The van der Waals surface area contributed by atoms with E-state index in [9.17, 15) is 9.59 Å². The first-order valence-corrected chi connectivity index (χ1v) is 7.32. The summed E-state index contributed by atoms with van der Waals surface area (Å²) in [5.74, 6) is 0.0201. The SMILES string of the molecule is Cc1ccc2c(c1)C(=O)N(C(CN)C1CCCC1)C2=O. The number of nitrogens with two attached hydrogens (primary N) is 1. The number of imide groups is 1. The van der Waals surface area contributed by atoms with Crippen molar-refractivity contribution in [2.24, 2.45) is 11.7 Å². The lowest BCUT2D eigenvalue weighted by molar-refractivity contribution is 0.0535. The van der Waals surface area contributed by atoms with Gasteiger partial charge in [-0.05, 0) is 37.8 Å². The van der Waals surface area contributed by atoms with E-state index >= 15 is 0 Å². The zero-order valence-electron chi connectivity index (χ0n) is 11.8. The molecule has 4 heteroatoms. The molecule has 1 aromatic rings. The number of nitrogens with zero attached hydrogens (tertiary/aromatic N) is 1. The summed E-state index contributed by atoms with van der Waals surface area (Å²) in [6, 6.07) is 5.29. The maximum atomic E-state index is 12.6. The molecular formula is C16H20N2O2. The van der Waals surface area contributed by atoms with Crippen molar-refractivity contribution < 1.29 is 9.59 Å². The Balaban J connectivity index is 1.95. The standard InChI is InChI=1S/C16H20N2O2/c1-10-6-7-12-13(8-10)16(20)18(15(12)19)14(9-17)11-4-2-3-5-11/h6-8,11,14H,2-5,9,17H2,1H3. The molecule has 1 heterocycles. The van der Waals surface area contributed by atoms with Gasteiger partial charge in [-0.15, -0.1) is 0 Å². The van der Waals surface area contributed by atoms with E-state index in [-0.39, 0.29) is 17.9 Å². The molecule has 1 unspecified atom stereocenters. The van der Waals surface area contributed by atoms with Gasteiger partial charge in [-0.1, -0.05) is 24.5 Å². The summed E-state index contributed by atoms with van der Waals surface area (Å²) >= 11 is 0. The third kappa shape index (κ3) is 1.95. The molecule has 0 bridgehead atoms. The van der Waals surface area contributed by atoms with Gasteiger partial charge >= 0.3 is 0 Å². The highest BCUT2D eigenvalue weighted by Crippen LogP contribution is 2.34. The molecule has 1 fully saturated rings. The maximum Gasteiger partial charge on any atom is 0.261 e. The second kappa shape index (κ2) is 5.02. The molecule has 0 aromatic heterocycles. The van der Waals surface area contributed by atoms with E-state index in [1.54, 1.807) is 12.1 Å². The fourth-order valence-corrected chi connectivity index (χ4v) is 3.53. The van der Waals surface area contributed by atoms with Gasteiger partial charge < -0.3 is 5.73 Å². The van der Waals surface area contributed by atoms with Crippen LogP contribution >= 0.6 is 0 Å². The van der Waals surface area contributed by atoms with E-state index in [0.29, 0.717) is 23.6 Å². The van der Waals surface area contributed by atoms with Crippen LogP contribution in [-0.4, -0.2) is 29.3 Å². The molecule has 2 aliphatic rings. The van der Waals surface area contributed by atoms with Crippen LogP contribution in [0, 0.1) is 12.8 Å². The summed E-state index contributed by atoms with van der Waals surface area (Å²) < 4.78 is 0. The average molecular weight is 272 g/mol. The number of hydrogen-bond donors (Lipinski definition) is 1. The third-order valence-electron chi connectivity index (χ3n) is 4.59. The molecule has 2 amide bonds. The molecule has 0 saturated heterocycles. The van der Waals surface area contributed by atoms with Crippen molar-refractivity contribution in [3.8, 4) is 0 Å². The number of fused-ring (bicyclic) bond motifs is 1. The van der Waals surface area contributed by atoms with Crippen LogP contribution < -0.4 is 5.73 Å². The summed E-state index contributed by atoms with van der Waals surface area (Å²) in [4.78, 5) is 26.5. The fraction of sp³-hybridized carbons (Fsp3) is 0.500. The largest absolute Gasteiger partial charge is 0.328 e. The Hall–Kier alpha value is -1.68. The van der Waals surface area contributed by atoms with Crippen LogP contribution in [0.2, 0.25) is 0 Å². The molecule has 106 valence electrons. The Morgan fingerprint density at radius 2 is 1.85 bits per heavy atom. The van der Waals surface area contributed by atoms with Gasteiger partial charge in [-0.2, -0.15) is 0 Å². The fourth-order valence-electron chi connectivity index (χ4n) is 3.53. The molecule has 0 spiro atoms. The van der Waals surface area contributed by atoms with Crippen molar-refractivity contribution in [1.82, 2.24) is 4.90 Å². The second-order valence-corrected chi connectivity index (χ2v) is 5.88. The number of carbonyl (C=O) groups is 2. The lowest BCUT2D eigenvalue weighted by Gasteiger charge is -2.30. The van der Waals surface area contributed by atoms with Gasteiger partial charge in [-0.25, -0.2) is 0 Å². The van der Waals surface area contributed by atoms with Crippen molar-refractivity contribution in [3.05, 3.63) is 34.9 Å². The number of amides is 2. The van der Waals surface area contributed by atoms with Crippen LogP contribution in [0.1, 0.15) is 52.0 Å². The minimum absolute atomic E-state index is 0.148. The van der Waals surface area contributed by atoms with E-state index in [1.165, 1.54) is 17.7 Å². The van der Waals surface area contributed by atoms with Crippen molar-refractivity contribution in [3.63, 3.8) is 0 Å². The maximum absolute atomic E-state index is 12.6. The summed E-state index contributed by atoms with van der Waals surface area (Å²) in [6.45, 7) is 2.28. The molecule has 1 aliphatic carbocycles. The highest BCUT2D eigenvalue weighted by Gasteiger charge is 2.42. The third-order valence-corrected chi connectivity index (χ3v) is 4.59. The van der Waals surface area contributed by atoms with Gasteiger partial charge in [0, 0.05) is 6.54 Å². The monoisotopic (exact) mass is 272 g/mol. The smallest absolute Gasteiger partial charge is 0.261 e. The van der Waals surface area contributed by atoms with Crippen molar-refractivity contribution in [1.29, 1.82) is 0 Å². The number of hydrogen-bond acceptors (Lipinski definition) is 3. The van der Waals surface area contributed by atoms with Gasteiger partial charge in [0.2, 0.25) is 0 Å². The minimum Gasteiger partial charge on any atom is -0.328 e. The van der Waals surface area contributed by atoms with E-state index in [2.05, 4.69) is 0 Å². The Bertz CT molecular complexity index is 562. The van der Waals surface area contributed by atoms with Crippen molar-refractivity contribution >= 4 is 11.8 Å². The average Bonchev–Trinajstić information content (AvgIpc) is 3.03. The Morgan fingerprint density at radius 3 is 2.50 bits per heavy atom. The van der Waals surface area contributed by atoms with Crippen LogP contribution in [0.4, 0.5) is 0 Å². The summed E-state index contributed by atoms with van der Waals surface area (Å²) in [6.07, 6.45) is 4.47. The summed E-state index contributed by atoms with van der Waals surface area (Å²) in [5.41, 5.74) is 7.93. The number of aryl methyl sites for hydroxylation is 1. The van der Waals surface area contributed by atoms with Gasteiger partial charge in [0.1, 0.15) is 0 Å². The molecule has 1 saturated carbocycles. The second-order valence-electron chi connectivity index (χ2n) is 5.88. The molecular weight excluding hydrogens is 252 g/mol. The normalized spacial score (nSPS) is 20.6. The first kappa shape index (κ1) is 13.3. The van der Waals surface area contributed by atoms with E-state index in [4.69, 9.17) is 5.73 Å². The van der Waals surface area contributed by atoms with Crippen LogP contribution in [0.5, 0.6) is 0 Å². The Labute approximate surface area is 118 Å². The minimum atomic E-state index is -0.174. The van der Waals surface area contributed by atoms with Gasteiger partial charge in [0.25, 0.3) is 11.8 Å². The Kier molecular flexibility index (Phi) is 3.34. The zero-order chi connectivity index (χ0) is 14.3. The van der Waals surface area contributed by atoms with Crippen LogP contribution in [0.25, 0.3) is 0 Å². The molecule has 4 nitrogen and oxygen atoms in total. The molecule has 1 atom stereocenters. The lowest BCUT2D eigenvalue weighted by atomic mass is 9.96. The topological polar surface area (TPSA) is 63.4 Å². The quantitative estimate of drug-likeness (QED) is 0.857. The van der Waals surface area contributed by atoms with E-state index < -0.39 is 0 Å². The van der Waals surface area contributed by atoms with Gasteiger partial charge in [0.15, 0.2) is 0 Å². The van der Waals surface area contributed by atoms with Gasteiger partial charge in [0.05, 0.1) is 17.2 Å². The molecule has 1 aliphatic heterocycles. The molecule has 1 aromatic carbocycles. The predicted molar refractivity (Wildman–Crippen MR) is 76.5 cm³/mol. The van der Waals surface area contributed by atoms with Gasteiger partial charge in [-0.3, -0.25) is 14.5 Å². The molecule has 0 radical (unpaired) electrons. The first-order chi connectivity index (χ1) is 9.63. The Morgan fingerprint density at radius 1 is 1.20 bits per heavy atom. The molecule has 20 heavy (non-hydrogen) atoms. The van der Waals surface area contributed by atoms with Crippen molar-refractivity contribution in [2.75, 3.05) is 6.54 Å². The predicted octanol–water partition coefficient (Wildman–Crippen LogP) is 2.11.